The average molecular weight is 383 g/mol. The van der Waals surface area contributed by atoms with Gasteiger partial charge in [-0.2, -0.15) is 0 Å². The fourth-order valence-electron chi connectivity index (χ4n) is 2.52. The standard InChI is InChI=1S/C20H19ClN4O2/c1-27-16-8-6-14(7-9-16)13-24-20-15(4-2-11-23-20)12-18(26)25-17-5-3-10-22-19(17)21/h2-11H,12-13H2,1H3,(H,23,24)(H,25,26). The van der Waals surface area contributed by atoms with Gasteiger partial charge in [-0.15, -0.1) is 0 Å². The fraction of sp³-hybridized carbons (Fsp3) is 0.150. The molecular formula is C20H19ClN4O2. The molecule has 0 bridgehead atoms. The Bertz CT molecular complexity index is 916. The molecule has 0 saturated carbocycles. The molecule has 0 radical (unpaired) electrons. The first-order valence-electron chi connectivity index (χ1n) is 8.37. The number of benzene rings is 1. The van der Waals surface area contributed by atoms with Gasteiger partial charge in [0.15, 0.2) is 5.15 Å². The van der Waals surface area contributed by atoms with Crippen LogP contribution in [0.25, 0.3) is 0 Å². The molecule has 6 nitrogen and oxygen atoms in total. The highest BCUT2D eigenvalue weighted by atomic mass is 35.5. The summed E-state index contributed by atoms with van der Waals surface area (Å²) in [7, 11) is 1.64. The lowest BCUT2D eigenvalue weighted by molar-refractivity contribution is -0.115. The zero-order chi connectivity index (χ0) is 19.1. The van der Waals surface area contributed by atoms with Crippen molar-refractivity contribution >= 4 is 29.0 Å². The highest BCUT2D eigenvalue weighted by Gasteiger charge is 2.11. The van der Waals surface area contributed by atoms with E-state index in [1.54, 1.807) is 37.7 Å². The van der Waals surface area contributed by atoms with Crippen molar-refractivity contribution < 1.29 is 9.53 Å². The summed E-state index contributed by atoms with van der Waals surface area (Å²) in [6.07, 6.45) is 3.43. The van der Waals surface area contributed by atoms with E-state index in [1.807, 2.05) is 30.3 Å². The van der Waals surface area contributed by atoms with Crippen molar-refractivity contribution in [1.29, 1.82) is 0 Å². The third-order valence-electron chi connectivity index (χ3n) is 3.89. The number of ether oxygens (including phenoxy) is 1. The summed E-state index contributed by atoms with van der Waals surface area (Å²) in [5, 5.41) is 6.31. The molecular weight excluding hydrogens is 364 g/mol. The summed E-state index contributed by atoms with van der Waals surface area (Å²) in [5.41, 5.74) is 2.36. The second-order valence-electron chi connectivity index (χ2n) is 5.78. The molecule has 0 aliphatic rings. The summed E-state index contributed by atoms with van der Waals surface area (Å²) >= 11 is 5.98. The van der Waals surface area contributed by atoms with Crippen molar-refractivity contribution in [2.45, 2.75) is 13.0 Å². The molecule has 2 aromatic heterocycles. The van der Waals surface area contributed by atoms with Crippen LogP contribution in [0.4, 0.5) is 11.5 Å². The summed E-state index contributed by atoms with van der Waals surface area (Å²) in [4.78, 5) is 20.7. The molecule has 0 aliphatic heterocycles. The van der Waals surface area contributed by atoms with E-state index in [4.69, 9.17) is 16.3 Å². The van der Waals surface area contributed by atoms with Gasteiger partial charge in [0.05, 0.1) is 19.2 Å². The van der Waals surface area contributed by atoms with Gasteiger partial charge in [0.1, 0.15) is 11.6 Å². The minimum Gasteiger partial charge on any atom is -0.497 e. The molecule has 138 valence electrons. The quantitative estimate of drug-likeness (QED) is 0.605. The lowest BCUT2D eigenvalue weighted by atomic mass is 10.1. The Morgan fingerprint density at radius 1 is 1.07 bits per heavy atom. The van der Waals surface area contributed by atoms with Crippen LogP contribution in [-0.4, -0.2) is 23.0 Å². The van der Waals surface area contributed by atoms with E-state index in [9.17, 15) is 4.79 Å². The molecule has 0 saturated heterocycles. The van der Waals surface area contributed by atoms with Gasteiger partial charge in [0.25, 0.3) is 0 Å². The predicted octanol–water partition coefficient (Wildman–Crippen LogP) is 3.93. The van der Waals surface area contributed by atoms with Gasteiger partial charge < -0.3 is 15.4 Å². The number of carbonyl (C=O) groups is 1. The number of methoxy groups -OCH3 is 1. The number of hydrogen-bond acceptors (Lipinski definition) is 5. The van der Waals surface area contributed by atoms with Crippen LogP contribution in [-0.2, 0) is 17.8 Å². The molecule has 3 rings (SSSR count). The van der Waals surface area contributed by atoms with Crippen LogP contribution in [0.2, 0.25) is 5.15 Å². The van der Waals surface area contributed by atoms with Gasteiger partial charge in [-0.25, -0.2) is 9.97 Å². The van der Waals surface area contributed by atoms with Crippen LogP contribution >= 0.6 is 11.6 Å². The first-order chi connectivity index (χ1) is 13.2. The van der Waals surface area contributed by atoms with Crippen molar-refractivity contribution in [2.24, 2.45) is 0 Å². The molecule has 1 aromatic carbocycles. The van der Waals surface area contributed by atoms with Crippen LogP contribution in [0.5, 0.6) is 5.75 Å². The molecule has 0 spiro atoms. The lowest BCUT2D eigenvalue weighted by Crippen LogP contribution is -2.16. The Morgan fingerprint density at radius 3 is 2.56 bits per heavy atom. The maximum atomic E-state index is 12.4. The third kappa shape index (κ3) is 5.18. The Kier molecular flexibility index (Phi) is 6.22. The molecule has 3 aromatic rings. The van der Waals surface area contributed by atoms with Crippen LogP contribution < -0.4 is 15.4 Å². The van der Waals surface area contributed by atoms with Crippen LogP contribution in [0, 0.1) is 0 Å². The Morgan fingerprint density at radius 2 is 1.81 bits per heavy atom. The smallest absolute Gasteiger partial charge is 0.229 e. The minimum atomic E-state index is -0.189. The monoisotopic (exact) mass is 382 g/mol. The average Bonchev–Trinajstić information content (AvgIpc) is 2.69. The van der Waals surface area contributed by atoms with E-state index in [2.05, 4.69) is 20.6 Å². The topological polar surface area (TPSA) is 76.1 Å². The minimum absolute atomic E-state index is 0.171. The van der Waals surface area contributed by atoms with Gasteiger partial charge in [0, 0.05) is 24.5 Å². The molecule has 2 heterocycles. The maximum absolute atomic E-state index is 12.4. The highest BCUT2D eigenvalue weighted by molar-refractivity contribution is 6.32. The maximum Gasteiger partial charge on any atom is 0.229 e. The second kappa shape index (κ2) is 9.00. The van der Waals surface area contributed by atoms with Gasteiger partial charge in [0.2, 0.25) is 5.91 Å². The summed E-state index contributed by atoms with van der Waals surface area (Å²) in [6.45, 7) is 0.587. The molecule has 0 atom stereocenters. The highest BCUT2D eigenvalue weighted by Crippen LogP contribution is 2.19. The number of anilines is 2. The number of carbonyl (C=O) groups excluding carboxylic acids is 1. The molecule has 2 N–H and O–H groups in total. The number of rotatable bonds is 7. The zero-order valence-electron chi connectivity index (χ0n) is 14.8. The summed E-state index contributed by atoms with van der Waals surface area (Å²) < 4.78 is 5.16. The van der Waals surface area contributed by atoms with E-state index < -0.39 is 0 Å². The Balaban J connectivity index is 1.64. The van der Waals surface area contributed by atoms with Crippen LogP contribution in [0.3, 0.4) is 0 Å². The van der Waals surface area contributed by atoms with Gasteiger partial charge in [-0.05, 0) is 35.9 Å². The largest absolute Gasteiger partial charge is 0.497 e. The molecule has 27 heavy (non-hydrogen) atoms. The van der Waals surface area contributed by atoms with Gasteiger partial charge in [-0.3, -0.25) is 4.79 Å². The molecule has 1 amide bonds. The van der Waals surface area contributed by atoms with E-state index in [1.165, 1.54) is 0 Å². The van der Waals surface area contributed by atoms with Crippen molar-refractivity contribution in [3.8, 4) is 5.75 Å². The van der Waals surface area contributed by atoms with Crippen molar-refractivity contribution in [2.75, 3.05) is 17.7 Å². The number of hydrogen-bond donors (Lipinski definition) is 2. The predicted molar refractivity (Wildman–Crippen MR) is 106 cm³/mol. The SMILES string of the molecule is COc1ccc(CNc2ncccc2CC(=O)Nc2cccnc2Cl)cc1. The van der Waals surface area contributed by atoms with E-state index in [0.29, 0.717) is 18.1 Å². The number of aromatic nitrogens is 2. The Labute approximate surface area is 162 Å². The van der Waals surface area contributed by atoms with E-state index in [-0.39, 0.29) is 17.5 Å². The normalized spacial score (nSPS) is 10.3. The first-order valence-corrected chi connectivity index (χ1v) is 8.74. The van der Waals surface area contributed by atoms with Crippen molar-refractivity contribution in [3.63, 3.8) is 0 Å². The fourth-order valence-corrected chi connectivity index (χ4v) is 2.68. The lowest BCUT2D eigenvalue weighted by Gasteiger charge is -2.12. The first kappa shape index (κ1) is 18.7. The number of nitrogens with one attached hydrogen (secondary N) is 2. The number of nitrogens with zero attached hydrogens (tertiary/aromatic N) is 2. The van der Waals surface area contributed by atoms with Crippen molar-refractivity contribution in [3.05, 3.63) is 77.2 Å². The number of amides is 1. The zero-order valence-corrected chi connectivity index (χ0v) is 15.5. The van der Waals surface area contributed by atoms with Crippen LogP contribution in [0.1, 0.15) is 11.1 Å². The number of pyridine rings is 2. The van der Waals surface area contributed by atoms with Gasteiger partial charge in [-0.1, -0.05) is 29.8 Å². The summed E-state index contributed by atoms with van der Waals surface area (Å²) in [6, 6.07) is 14.9. The van der Waals surface area contributed by atoms with Gasteiger partial charge >= 0.3 is 0 Å². The Hall–Kier alpha value is -3.12. The second-order valence-corrected chi connectivity index (χ2v) is 6.14. The summed E-state index contributed by atoms with van der Waals surface area (Å²) in [5.74, 6) is 1.29. The van der Waals surface area contributed by atoms with Crippen LogP contribution in [0.15, 0.2) is 60.9 Å². The molecule has 0 unspecified atom stereocenters. The van der Waals surface area contributed by atoms with E-state index >= 15 is 0 Å². The third-order valence-corrected chi connectivity index (χ3v) is 4.20. The molecule has 0 fully saturated rings. The molecule has 0 aliphatic carbocycles. The van der Waals surface area contributed by atoms with E-state index in [0.717, 1.165) is 16.9 Å². The molecule has 7 heteroatoms. The number of halogens is 1. The van der Waals surface area contributed by atoms with Crippen molar-refractivity contribution in [1.82, 2.24) is 9.97 Å².